The number of imidazole rings is 1. The predicted octanol–water partition coefficient (Wildman–Crippen LogP) is 4.55. The fourth-order valence-corrected chi connectivity index (χ4v) is 6.16. The number of benzene rings is 1. The smallest absolute Gasteiger partial charge is 0.414 e. The van der Waals surface area contributed by atoms with Gasteiger partial charge < -0.3 is 19.0 Å². The number of fused-ring (bicyclic) bond motifs is 4. The minimum Gasteiger partial charge on any atom is -0.481 e. The lowest BCUT2D eigenvalue weighted by Gasteiger charge is -2.34. The monoisotopic (exact) mass is 502 g/mol. The zero-order valence-corrected chi connectivity index (χ0v) is 21.0. The Morgan fingerprint density at radius 2 is 1.97 bits per heavy atom. The van der Waals surface area contributed by atoms with Gasteiger partial charge >= 0.3 is 12.1 Å². The van der Waals surface area contributed by atoms with Crippen molar-refractivity contribution in [2.75, 3.05) is 12.0 Å². The number of hydrogen-bond acceptors (Lipinski definition) is 6. The highest BCUT2D eigenvalue weighted by Crippen LogP contribution is 2.40. The van der Waals surface area contributed by atoms with Crippen LogP contribution >= 0.6 is 0 Å². The summed E-state index contributed by atoms with van der Waals surface area (Å²) in [6.45, 7) is 2.51. The quantitative estimate of drug-likeness (QED) is 0.435. The highest BCUT2D eigenvalue weighted by molar-refractivity contribution is 5.95. The molecule has 37 heavy (non-hydrogen) atoms. The number of nitrogens with zero attached hydrogens (tertiary/aromatic N) is 6. The Morgan fingerprint density at radius 1 is 1.14 bits per heavy atom. The van der Waals surface area contributed by atoms with Gasteiger partial charge in [-0.25, -0.2) is 14.8 Å². The van der Waals surface area contributed by atoms with Gasteiger partial charge in [-0.2, -0.15) is 0 Å². The summed E-state index contributed by atoms with van der Waals surface area (Å²) in [5.74, 6) is -0.246. The highest BCUT2D eigenvalue weighted by atomic mass is 16.5. The lowest BCUT2D eigenvalue weighted by atomic mass is 9.85. The number of carbonyl (C=O) groups is 2. The van der Waals surface area contributed by atoms with E-state index in [2.05, 4.69) is 14.5 Å². The highest BCUT2D eigenvalue weighted by Gasteiger charge is 2.34. The Balaban J connectivity index is 1.51. The van der Waals surface area contributed by atoms with Crippen LogP contribution in [0.25, 0.3) is 22.2 Å². The molecule has 192 valence electrons. The van der Waals surface area contributed by atoms with Crippen LogP contribution < -0.4 is 4.90 Å². The van der Waals surface area contributed by atoms with Crippen molar-refractivity contribution in [3.63, 3.8) is 0 Å². The Bertz CT molecular complexity index is 1510. The van der Waals surface area contributed by atoms with E-state index in [4.69, 9.17) is 9.72 Å². The molecule has 1 aromatic carbocycles. The molecule has 3 atom stereocenters. The van der Waals surface area contributed by atoms with Crippen LogP contribution in [-0.4, -0.2) is 54.4 Å². The lowest BCUT2D eigenvalue weighted by molar-refractivity contribution is -0.143. The molecule has 1 aliphatic carbocycles. The van der Waals surface area contributed by atoms with E-state index in [0.29, 0.717) is 19.4 Å². The standard InChI is InChI=1S/C27H30N6O4/c1-16-6-7-19-21(32(16)27(36)37-2)8-9-22-24(19)30-23(15-31-13-10-20-25(31)29-12-11-28-20)33(22)18-5-3-4-17(14-18)26(34)35/h8-13,16-18H,3-7,14-15H2,1-2H3,(H,34,35)/t16?,17-,18-/m1/s1. The first-order valence-corrected chi connectivity index (χ1v) is 12.8. The minimum absolute atomic E-state index is 0.0263. The largest absolute Gasteiger partial charge is 0.481 e. The third-order valence-electron chi connectivity index (χ3n) is 7.96. The number of amides is 1. The summed E-state index contributed by atoms with van der Waals surface area (Å²) in [4.78, 5) is 40.3. The number of carboxylic acid groups (broad SMARTS) is 1. The molecule has 10 heteroatoms. The van der Waals surface area contributed by atoms with Crippen molar-refractivity contribution in [1.29, 1.82) is 0 Å². The van der Waals surface area contributed by atoms with E-state index in [1.807, 2.05) is 35.9 Å². The second-order valence-corrected chi connectivity index (χ2v) is 10.1. The molecule has 4 heterocycles. The van der Waals surface area contributed by atoms with Gasteiger partial charge in [0.1, 0.15) is 11.3 Å². The van der Waals surface area contributed by atoms with Crippen LogP contribution in [0.2, 0.25) is 0 Å². The van der Waals surface area contributed by atoms with E-state index in [1.54, 1.807) is 17.3 Å². The number of aliphatic carboxylic acids is 1. The van der Waals surface area contributed by atoms with E-state index < -0.39 is 5.97 Å². The van der Waals surface area contributed by atoms with Gasteiger partial charge in [-0.15, -0.1) is 0 Å². The lowest BCUT2D eigenvalue weighted by Crippen LogP contribution is -2.42. The third-order valence-corrected chi connectivity index (χ3v) is 7.96. The number of aryl methyl sites for hydroxylation is 1. The second-order valence-electron chi connectivity index (χ2n) is 10.1. The number of methoxy groups -OCH3 is 1. The fraction of sp³-hybridized carbons (Fsp3) is 0.444. The van der Waals surface area contributed by atoms with E-state index in [1.165, 1.54) is 7.11 Å². The molecule has 10 nitrogen and oxygen atoms in total. The Kier molecular flexibility index (Phi) is 5.81. The van der Waals surface area contributed by atoms with Crippen LogP contribution in [0.3, 0.4) is 0 Å². The number of ether oxygens (including phenoxy) is 1. The maximum atomic E-state index is 12.6. The molecule has 1 unspecified atom stereocenters. The molecule has 3 aromatic heterocycles. The Hall–Kier alpha value is -3.95. The summed E-state index contributed by atoms with van der Waals surface area (Å²) >= 11 is 0. The second kappa shape index (κ2) is 9.17. The molecule has 6 rings (SSSR count). The van der Waals surface area contributed by atoms with Crippen LogP contribution in [0, 0.1) is 5.92 Å². The zero-order valence-electron chi connectivity index (χ0n) is 21.0. The van der Waals surface area contributed by atoms with Gasteiger partial charge in [-0.3, -0.25) is 14.7 Å². The van der Waals surface area contributed by atoms with Gasteiger partial charge in [0.05, 0.1) is 36.3 Å². The Morgan fingerprint density at radius 3 is 2.78 bits per heavy atom. The summed E-state index contributed by atoms with van der Waals surface area (Å²) < 4.78 is 9.37. The first-order valence-electron chi connectivity index (χ1n) is 12.8. The Labute approximate surface area is 213 Å². The van der Waals surface area contributed by atoms with Crippen molar-refractivity contribution in [2.45, 2.75) is 64.1 Å². The van der Waals surface area contributed by atoms with Crippen LogP contribution in [-0.2, 0) is 22.5 Å². The fourth-order valence-electron chi connectivity index (χ4n) is 6.16. The molecule has 0 radical (unpaired) electrons. The van der Waals surface area contributed by atoms with Crippen molar-refractivity contribution in [3.05, 3.63) is 48.2 Å². The molecule has 2 aliphatic rings. The molecule has 0 bridgehead atoms. The summed E-state index contributed by atoms with van der Waals surface area (Å²) in [5, 5.41) is 9.76. The third kappa shape index (κ3) is 3.91. The average molecular weight is 503 g/mol. The maximum Gasteiger partial charge on any atom is 0.414 e. The molecule has 4 aromatic rings. The number of carboxylic acids is 1. The summed E-state index contributed by atoms with van der Waals surface area (Å²) in [6, 6.07) is 6.00. The van der Waals surface area contributed by atoms with Gasteiger partial charge in [-0.05, 0) is 57.2 Å². The number of carbonyl (C=O) groups excluding carboxylic acids is 1. The van der Waals surface area contributed by atoms with Gasteiger partial charge in [0.25, 0.3) is 0 Å². The molecule has 1 aliphatic heterocycles. The van der Waals surface area contributed by atoms with Crippen molar-refractivity contribution in [1.82, 2.24) is 24.1 Å². The molecule has 0 saturated heterocycles. The average Bonchev–Trinajstić information content (AvgIpc) is 3.49. The number of aromatic nitrogens is 5. The van der Waals surface area contributed by atoms with E-state index >= 15 is 0 Å². The number of rotatable bonds is 4. The van der Waals surface area contributed by atoms with E-state index in [-0.39, 0.29) is 24.1 Å². The van der Waals surface area contributed by atoms with Crippen molar-refractivity contribution >= 4 is 39.9 Å². The maximum absolute atomic E-state index is 12.6. The van der Waals surface area contributed by atoms with Gasteiger partial charge in [0.2, 0.25) is 0 Å². The summed E-state index contributed by atoms with van der Waals surface area (Å²) in [7, 11) is 1.40. The molecule has 1 fully saturated rings. The van der Waals surface area contributed by atoms with Crippen LogP contribution in [0.5, 0.6) is 0 Å². The first-order chi connectivity index (χ1) is 18.0. The molecule has 0 spiro atoms. The number of hydrogen-bond donors (Lipinski definition) is 1. The van der Waals surface area contributed by atoms with Crippen molar-refractivity contribution in [3.8, 4) is 0 Å². The summed E-state index contributed by atoms with van der Waals surface area (Å²) in [5.41, 5.74) is 5.30. The van der Waals surface area contributed by atoms with E-state index in [0.717, 1.165) is 65.0 Å². The van der Waals surface area contributed by atoms with Gasteiger partial charge in [0.15, 0.2) is 5.65 Å². The molecular formula is C27H30N6O4. The summed E-state index contributed by atoms with van der Waals surface area (Å²) in [6.07, 6.45) is 9.59. The topological polar surface area (TPSA) is 115 Å². The van der Waals surface area contributed by atoms with Crippen LogP contribution in [0.1, 0.15) is 56.5 Å². The zero-order chi connectivity index (χ0) is 25.7. The van der Waals surface area contributed by atoms with Crippen molar-refractivity contribution in [2.24, 2.45) is 5.92 Å². The van der Waals surface area contributed by atoms with Gasteiger partial charge in [-0.1, -0.05) is 6.42 Å². The molecule has 1 N–H and O–H groups in total. The van der Waals surface area contributed by atoms with Crippen molar-refractivity contribution < 1.29 is 19.4 Å². The van der Waals surface area contributed by atoms with Crippen LogP contribution in [0.15, 0.2) is 36.8 Å². The van der Waals surface area contributed by atoms with Gasteiger partial charge in [0, 0.05) is 36.2 Å². The minimum atomic E-state index is -0.734. The molecular weight excluding hydrogens is 472 g/mol. The number of anilines is 1. The SMILES string of the molecule is COC(=O)N1c2ccc3c(nc(Cn4ccc5nccnc54)n3[C@@H]3CCC[C@@H](C(=O)O)C3)c2CCC1C. The normalized spacial score (nSPS) is 21.8. The first kappa shape index (κ1) is 23.4. The molecule has 1 amide bonds. The predicted molar refractivity (Wildman–Crippen MR) is 138 cm³/mol. The molecule has 1 saturated carbocycles. The van der Waals surface area contributed by atoms with E-state index in [9.17, 15) is 14.7 Å². The van der Waals surface area contributed by atoms with Crippen LogP contribution in [0.4, 0.5) is 10.5 Å².